The van der Waals surface area contributed by atoms with Crippen molar-refractivity contribution in [2.45, 2.75) is 38.3 Å². The molecule has 1 heterocycles. The zero-order chi connectivity index (χ0) is 13.4. The molecule has 2 aliphatic rings. The first-order valence-corrected chi connectivity index (χ1v) is 7.40. The lowest BCUT2D eigenvalue weighted by Gasteiger charge is -2.19. The molecule has 0 amide bonds. The van der Waals surface area contributed by atoms with Crippen molar-refractivity contribution in [1.29, 1.82) is 0 Å². The van der Waals surface area contributed by atoms with Crippen molar-refractivity contribution in [1.82, 2.24) is 4.90 Å². The number of halogens is 1. The summed E-state index contributed by atoms with van der Waals surface area (Å²) in [4.78, 5) is 2.60. The van der Waals surface area contributed by atoms with E-state index in [9.17, 15) is 0 Å². The van der Waals surface area contributed by atoms with Crippen LogP contribution in [0.5, 0.6) is 5.75 Å². The van der Waals surface area contributed by atoms with Gasteiger partial charge in [-0.2, -0.15) is 0 Å². The van der Waals surface area contributed by atoms with Gasteiger partial charge in [-0.15, -0.1) is 0 Å². The maximum Gasteiger partial charge on any atom is 0.143 e. The first-order valence-electron chi connectivity index (χ1n) is 7.02. The van der Waals surface area contributed by atoms with Crippen LogP contribution in [0.15, 0.2) is 12.1 Å². The number of anilines is 1. The number of rotatable bonds is 4. The third kappa shape index (κ3) is 2.82. The summed E-state index contributed by atoms with van der Waals surface area (Å²) in [6, 6.07) is 5.36. The molecule has 1 aliphatic carbocycles. The Morgan fingerprint density at radius 2 is 2.11 bits per heavy atom. The fraction of sp³-hybridized carbons (Fsp3) is 0.600. The maximum atomic E-state index is 6.14. The summed E-state index contributed by atoms with van der Waals surface area (Å²) in [5.74, 6) is 0.834. The van der Waals surface area contributed by atoms with Crippen LogP contribution in [-0.4, -0.2) is 37.2 Å². The van der Waals surface area contributed by atoms with Gasteiger partial charge in [-0.3, -0.25) is 4.90 Å². The van der Waals surface area contributed by atoms with Crippen molar-refractivity contribution in [3.63, 3.8) is 0 Å². The van der Waals surface area contributed by atoms with Gasteiger partial charge in [-0.05, 0) is 37.8 Å². The lowest BCUT2D eigenvalue weighted by atomic mass is 10.1. The van der Waals surface area contributed by atoms with E-state index in [1.165, 1.54) is 25.8 Å². The van der Waals surface area contributed by atoms with Crippen molar-refractivity contribution in [3.05, 3.63) is 22.7 Å². The summed E-state index contributed by atoms with van der Waals surface area (Å²) in [6.07, 6.45) is 3.98. The van der Waals surface area contributed by atoms with Gasteiger partial charge < -0.3 is 10.1 Å². The Labute approximate surface area is 119 Å². The summed E-state index contributed by atoms with van der Waals surface area (Å²) in [5.41, 5.74) is 2.15. The molecular formula is C15H21ClN2O. The standard InChI is InChI=1S/C15H21ClN2O/c1-10-7-14(15(19-2)8-13(10)16)17-11-5-6-18(9-11)12-3-4-12/h7-8,11-12,17H,3-6,9H2,1-2H3. The molecule has 4 heteroatoms. The molecule has 1 saturated carbocycles. The van der Waals surface area contributed by atoms with Crippen LogP contribution in [0, 0.1) is 6.92 Å². The third-order valence-electron chi connectivity index (χ3n) is 4.12. The zero-order valence-electron chi connectivity index (χ0n) is 11.6. The smallest absolute Gasteiger partial charge is 0.143 e. The average Bonchev–Trinajstić information content (AvgIpc) is 3.14. The number of likely N-dealkylation sites (tertiary alicyclic amines) is 1. The number of benzene rings is 1. The highest BCUT2D eigenvalue weighted by molar-refractivity contribution is 6.31. The van der Waals surface area contributed by atoms with Gasteiger partial charge in [0.2, 0.25) is 0 Å². The molecule has 1 aromatic carbocycles. The number of nitrogens with zero attached hydrogens (tertiary/aromatic N) is 1. The lowest BCUT2D eigenvalue weighted by Crippen LogP contribution is -2.27. The SMILES string of the molecule is COc1cc(Cl)c(C)cc1NC1CCN(C2CC2)C1. The summed E-state index contributed by atoms with van der Waals surface area (Å²) >= 11 is 6.14. The molecule has 0 aromatic heterocycles. The zero-order valence-corrected chi connectivity index (χ0v) is 12.3. The molecular weight excluding hydrogens is 260 g/mol. The minimum Gasteiger partial charge on any atom is -0.495 e. The summed E-state index contributed by atoms with van der Waals surface area (Å²) < 4.78 is 5.42. The summed E-state index contributed by atoms with van der Waals surface area (Å²) in [5, 5.41) is 4.37. The molecule has 3 rings (SSSR count). The Kier molecular flexibility index (Phi) is 3.59. The molecule has 1 aliphatic heterocycles. The molecule has 1 saturated heterocycles. The van der Waals surface area contributed by atoms with Crippen LogP contribution in [0.4, 0.5) is 5.69 Å². The van der Waals surface area contributed by atoms with E-state index in [4.69, 9.17) is 16.3 Å². The largest absolute Gasteiger partial charge is 0.495 e. The van der Waals surface area contributed by atoms with E-state index in [-0.39, 0.29) is 0 Å². The van der Waals surface area contributed by atoms with Crippen molar-refractivity contribution in [2.24, 2.45) is 0 Å². The maximum absolute atomic E-state index is 6.14. The minimum absolute atomic E-state index is 0.523. The first kappa shape index (κ1) is 13.1. The van der Waals surface area contributed by atoms with Gasteiger partial charge in [0.15, 0.2) is 0 Å². The van der Waals surface area contributed by atoms with Crippen molar-refractivity contribution in [2.75, 3.05) is 25.5 Å². The Morgan fingerprint density at radius 3 is 2.79 bits per heavy atom. The van der Waals surface area contributed by atoms with Gasteiger partial charge in [0.05, 0.1) is 12.8 Å². The lowest BCUT2D eigenvalue weighted by molar-refractivity contribution is 0.326. The van der Waals surface area contributed by atoms with Crippen molar-refractivity contribution >= 4 is 17.3 Å². The van der Waals surface area contributed by atoms with Crippen molar-refractivity contribution in [3.8, 4) is 5.75 Å². The monoisotopic (exact) mass is 280 g/mol. The highest BCUT2D eigenvalue weighted by Crippen LogP contribution is 2.34. The molecule has 0 bridgehead atoms. The van der Waals surface area contributed by atoms with E-state index in [1.807, 2.05) is 13.0 Å². The molecule has 1 N–H and O–H groups in total. The number of hydrogen-bond acceptors (Lipinski definition) is 3. The second kappa shape index (κ2) is 5.22. The molecule has 0 spiro atoms. The van der Waals surface area contributed by atoms with Gasteiger partial charge >= 0.3 is 0 Å². The van der Waals surface area contributed by atoms with Gasteiger partial charge in [0.1, 0.15) is 5.75 Å². The fourth-order valence-electron chi connectivity index (χ4n) is 2.84. The molecule has 2 fully saturated rings. The molecule has 1 atom stereocenters. The Bertz CT molecular complexity index is 473. The fourth-order valence-corrected chi connectivity index (χ4v) is 2.99. The molecule has 0 radical (unpaired) electrons. The van der Waals surface area contributed by atoms with Crippen LogP contribution in [0.1, 0.15) is 24.8 Å². The Balaban J connectivity index is 1.70. The quantitative estimate of drug-likeness (QED) is 0.916. The van der Waals surface area contributed by atoms with E-state index in [1.54, 1.807) is 7.11 Å². The van der Waals surface area contributed by atoms with E-state index in [2.05, 4.69) is 16.3 Å². The van der Waals surface area contributed by atoms with Gasteiger partial charge in [-0.25, -0.2) is 0 Å². The third-order valence-corrected chi connectivity index (χ3v) is 4.53. The van der Waals surface area contributed by atoms with Crippen LogP contribution in [-0.2, 0) is 0 Å². The minimum atomic E-state index is 0.523. The predicted molar refractivity (Wildman–Crippen MR) is 79.4 cm³/mol. The second-order valence-electron chi connectivity index (χ2n) is 5.66. The van der Waals surface area contributed by atoms with Crippen LogP contribution >= 0.6 is 11.6 Å². The molecule has 1 aromatic rings. The van der Waals surface area contributed by atoms with E-state index in [0.29, 0.717) is 6.04 Å². The highest BCUT2D eigenvalue weighted by Gasteiger charge is 2.34. The predicted octanol–water partition coefficient (Wildman–Crippen LogP) is 3.31. The second-order valence-corrected chi connectivity index (χ2v) is 6.06. The van der Waals surface area contributed by atoms with Gasteiger partial charge in [0, 0.05) is 36.3 Å². The van der Waals surface area contributed by atoms with Crippen LogP contribution < -0.4 is 10.1 Å². The Hall–Kier alpha value is -0.930. The van der Waals surface area contributed by atoms with Gasteiger partial charge in [0.25, 0.3) is 0 Å². The van der Waals surface area contributed by atoms with Crippen molar-refractivity contribution < 1.29 is 4.74 Å². The van der Waals surface area contributed by atoms with E-state index in [0.717, 1.165) is 34.6 Å². The van der Waals surface area contributed by atoms with E-state index >= 15 is 0 Å². The number of nitrogens with one attached hydrogen (secondary N) is 1. The highest BCUT2D eigenvalue weighted by atomic mass is 35.5. The number of methoxy groups -OCH3 is 1. The Morgan fingerprint density at radius 1 is 1.32 bits per heavy atom. The topological polar surface area (TPSA) is 24.5 Å². The number of aryl methyl sites for hydroxylation is 1. The van der Waals surface area contributed by atoms with Crippen LogP contribution in [0.2, 0.25) is 5.02 Å². The number of ether oxygens (including phenoxy) is 1. The number of hydrogen-bond donors (Lipinski definition) is 1. The van der Waals surface area contributed by atoms with Gasteiger partial charge in [-0.1, -0.05) is 11.6 Å². The normalized spacial score (nSPS) is 23.6. The molecule has 3 nitrogen and oxygen atoms in total. The summed E-state index contributed by atoms with van der Waals surface area (Å²) in [7, 11) is 1.69. The molecule has 19 heavy (non-hydrogen) atoms. The summed E-state index contributed by atoms with van der Waals surface area (Å²) in [6.45, 7) is 4.39. The first-order chi connectivity index (χ1) is 9.17. The van der Waals surface area contributed by atoms with Crippen LogP contribution in [0.25, 0.3) is 0 Å². The molecule has 1 unspecified atom stereocenters. The average molecular weight is 281 g/mol. The van der Waals surface area contributed by atoms with Crippen LogP contribution in [0.3, 0.4) is 0 Å². The molecule has 104 valence electrons. The van der Waals surface area contributed by atoms with E-state index < -0.39 is 0 Å².